The van der Waals surface area contributed by atoms with Crippen LogP contribution in [0.2, 0.25) is 0 Å². The highest BCUT2D eigenvalue weighted by Crippen LogP contribution is 2.08. The van der Waals surface area contributed by atoms with Crippen molar-refractivity contribution in [2.45, 2.75) is 39.2 Å². The Hall–Kier alpha value is -1.06. The van der Waals surface area contributed by atoms with Gasteiger partial charge in [-0.1, -0.05) is 24.3 Å². The quantitative estimate of drug-likeness (QED) is 0.809. The first kappa shape index (κ1) is 16.9. The number of carbonyl (C=O) groups is 1. The molecule has 0 aliphatic rings. The molecular formula is C14H22ClNO2. The predicted molar refractivity (Wildman–Crippen MR) is 76.0 cm³/mol. The van der Waals surface area contributed by atoms with Gasteiger partial charge < -0.3 is 10.5 Å². The first-order valence-electron chi connectivity index (χ1n) is 6.10. The maximum atomic E-state index is 11.2. The van der Waals surface area contributed by atoms with Gasteiger partial charge in [-0.15, -0.1) is 12.4 Å². The maximum absolute atomic E-state index is 11.2. The van der Waals surface area contributed by atoms with Gasteiger partial charge >= 0.3 is 5.97 Å². The van der Waals surface area contributed by atoms with Gasteiger partial charge in [0.15, 0.2) is 0 Å². The van der Waals surface area contributed by atoms with Crippen molar-refractivity contribution >= 4 is 18.4 Å². The van der Waals surface area contributed by atoms with Gasteiger partial charge in [-0.25, -0.2) is 0 Å². The van der Waals surface area contributed by atoms with Crippen LogP contribution in [0.5, 0.6) is 0 Å². The molecule has 0 spiro atoms. The van der Waals surface area contributed by atoms with Crippen molar-refractivity contribution in [2.75, 3.05) is 6.61 Å². The monoisotopic (exact) mass is 271 g/mol. The first-order chi connectivity index (χ1) is 8.11. The zero-order valence-corrected chi connectivity index (χ0v) is 11.8. The fraction of sp³-hybridized carbons (Fsp3) is 0.500. The zero-order valence-electron chi connectivity index (χ0n) is 11.0. The number of esters is 1. The average molecular weight is 272 g/mol. The lowest BCUT2D eigenvalue weighted by molar-refractivity contribution is -0.143. The average Bonchev–Trinajstić information content (AvgIpc) is 2.28. The Kier molecular flexibility index (Phi) is 8.42. The number of ether oxygens (including phenoxy) is 1. The Balaban J connectivity index is 0.00000289. The lowest BCUT2D eigenvalue weighted by Gasteiger charge is -2.06. The summed E-state index contributed by atoms with van der Waals surface area (Å²) < 4.78 is 4.88. The van der Waals surface area contributed by atoms with Gasteiger partial charge in [-0.3, -0.25) is 4.79 Å². The maximum Gasteiger partial charge on any atom is 0.306 e. The Morgan fingerprint density at radius 2 is 1.83 bits per heavy atom. The third-order valence-corrected chi connectivity index (χ3v) is 2.50. The molecule has 102 valence electrons. The van der Waals surface area contributed by atoms with E-state index in [0.717, 1.165) is 18.4 Å². The summed E-state index contributed by atoms with van der Waals surface area (Å²) in [5.74, 6) is -0.132. The normalized spacial score (nSPS) is 11.5. The molecule has 0 bridgehead atoms. The SMILES string of the molecule is CCOC(=O)CCc1ccc(CC(C)N)cc1.Cl. The van der Waals surface area contributed by atoms with Gasteiger partial charge in [0, 0.05) is 12.5 Å². The summed E-state index contributed by atoms with van der Waals surface area (Å²) in [5, 5.41) is 0. The number of hydrogen-bond acceptors (Lipinski definition) is 3. The second-order valence-electron chi connectivity index (χ2n) is 4.30. The Morgan fingerprint density at radius 3 is 2.33 bits per heavy atom. The van der Waals surface area contributed by atoms with Crippen molar-refractivity contribution in [3.05, 3.63) is 35.4 Å². The molecule has 0 aromatic heterocycles. The second kappa shape index (κ2) is 8.95. The Labute approximate surface area is 115 Å². The van der Waals surface area contributed by atoms with Crippen LogP contribution in [-0.4, -0.2) is 18.6 Å². The summed E-state index contributed by atoms with van der Waals surface area (Å²) in [6.45, 7) is 4.27. The molecule has 1 atom stereocenters. The summed E-state index contributed by atoms with van der Waals surface area (Å²) >= 11 is 0. The van der Waals surface area contributed by atoms with E-state index in [1.165, 1.54) is 5.56 Å². The molecule has 0 radical (unpaired) electrons. The highest BCUT2D eigenvalue weighted by atomic mass is 35.5. The van der Waals surface area contributed by atoms with Gasteiger partial charge in [0.2, 0.25) is 0 Å². The highest BCUT2D eigenvalue weighted by molar-refractivity contribution is 5.85. The molecule has 0 aliphatic heterocycles. The molecule has 0 fully saturated rings. The van der Waals surface area contributed by atoms with Crippen LogP contribution in [0.1, 0.15) is 31.4 Å². The molecule has 1 aromatic rings. The van der Waals surface area contributed by atoms with E-state index in [-0.39, 0.29) is 24.4 Å². The fourth-order valence-electron chi connectivity index (χ4n) is 1.69. The van der Waals surface area contributed by atoms with E-state index in [0.29, 0.717) is 13.0 Å². The molecule has 2 N–H and O–H groups in total. The fourth-order valence-corrected chi connectivity index (χ4v) is 1.69. The standard InChI is InChI=1S/C14H21NO2.ClH/c1-3-17-14(16)9-8-12-4-6-13(7-5-12)10-11(2)15;/h4-7,11H,3,8-10,15H2,1-2H3;1H. The van der Waals surface area contributed by atoms with Gasteiger partial charge in [-0.05, 0) is 37.8 Å². The van der Waals surface area contributed by atoms with Crippen molar-refractivity contribution in [3.63, 3.8) is 0 Å². The predicted octanol–water partition coefficient (Wildman–Crippen LogP) is 2.49. The molecule has 3 nitrogen and oxygen atoms in total. The third kappa shape index (κ3) is 6.62. The molecule has 18 heavy (non-hydrogen) atoms. The van der Waals surface area contributed by atoms with E-state index >= 15 is 0 Å². The second-order valence-corrected chi connectivity index (χ2v) is 4.30. The molecule has 1 unspecified atom stereocenters. The van der Waals surface area contributed by atoms with Crippen LogP contribution in [0, 0.1) is 0 Å². The Morgan fingerprint density at radius 1 is 1.28 bits per heavy atom. The van der Waals surface area contributed by atoms with Crippen LogP contribution in [0.4, 0.5) is 0 Å². The molecule has 0 saturated carbocycles. The zero-order chi connectivity index (χ0) is 12.7. The first-order valence-corrected chi connectivity index (χ1v) is 6.10. The minimum atomic E-state index is -0.132. The van der Waals surface area contributed by atoms with Crippen LogP contribution in [0.15, 0.2) is 24.3 Å². The van der Waals surface area contributed by atoms with E-state index in [1.807, 2.05) is 13.8 Å². The van der Waals surface area contributed by atoms with E-state index < -0.39 is 0 Å². The smallest absolute Gasteiger partial charge is 0.306 e. The number of aryl methyl sites for hydroxylation is 1. The number of hydrogen-bond donors (Lipinski definition) is 1. The summed E-state index contributed by atoms with van der Waals surface area (Å²) in [6.07, 6.45) is 2.07. The summed E-state index contributed by atoms with van der Waals surface area (Å²) in [6, 6.07) is 8.43. The van der Waals surface area contributed by atoms with E-state index in [4.69, 9.17) is 10.5 Å². The largest absolute Gasteiger partial charge is 0.466 e. The van der Waals surface area contributed by atoms with Crippen LogP contribution in [0.3, 0.4) is 0 Å². The molecule has 0 amide bonds. The van der Waals surface area contributed by atoms with Gasteiger partial charge in [0.05, 0.1) is 6.61 Å². The molecular weight excluding hydrogens is 250 g/mol. The van der Waals surface area contributed by atoms with Gasteiger partial charge in [0.25, 0.3) is 0 Å². The number of nitrogens with two attached hydrogens (primary N) is 1. The lowest BCUT2D eigenvalue weighted by Crippen LogP contribution is -2.17. The molecule has 1 rings (SSSR count). The van der Waals surface area contributed by atoms with E-state index in [9.17, 15) is 4.79 Å². The number of benzene rings is 1. The van der Waals surface area contributed by atoms with Gasteiger partial charge in [0.1, 0.15) is 0 Å². The summed E-state index contributed by atoms with van der Waals surface area (Å²) in [4.78, 5) is 11.2. The van der Waals surface area contributed by atoms with Crippen molar-refractivity contribution in [1.29, 1.82) is 0 Å². The molecule has 1 aromatic carbocycles. The topological polar surface area (TPSA) is 52.3 Å². The van der Waals surface area contributed by atoms with Crippen LogP contribution >= 0.6 is 12.4 Å². The number of carbonyl (C=O) groups excluding carboxylic acids is 1. The van der Waals surface area contributed by atoms with Crippen molar-refractivity contribution in [1.82, 2.24) is 0 Å². The van der Waals surface area contributed by atoms with Crippen LogP contribution in [-0.2, 0) is 22.4 Å². The number of halogens is 1. The molecule has 0 heterocycles. The third-order valence-electron chi connectivity index (χ3n) is 2.50. The van der Waals surface area contributed by atoms with Crippen molar-refractivity contribution in [3.8, 4) is 0 Å². The molecule has 4 heteroatoms. The van der Waals surface area contributed by atoms with Crippen LogP contribution in [0.25, 0.3) is 0 Å². The Bertz CT molecular complexity index is 349. The minimum absolute atomic E-state index is 0. The summed E-state index contributed by atoms with van der Waals surface area (Å²) in [7, 11) is 0. The minimum Gasteiger partial charge on any atom is -0.466 e. The lowest BCUT2D eigenvalue weighted by atomic mass is 10.0. The van der Waals surface area contributed by atoms with Crippen molar-refractivity contribution < 1.29 is 9.53 Å². The van der Waals surface area contributed by atoms with E-state index in [2.05, 4.69) is 24.3 Å². The van der Waals surface area contributed by atoms with Crippen molar-refractivity contribution in [2.24, 2.45) is 5.73 Å². The highest BCUT2D eigenvalue weighted by Gasteiger charge is 2.03. The molecule has 0 aliphatic carbocycles. The van der Waals surface area contributed by atoms with Crippen LogP contribution < -0.4 is 5.73 Å². The summed E-state index contributed by atoms with van der Waals surface area (Å²) in [5.41, 5.74) is 8.13. The molecule has 0 saturated heterocycles. The van der Waals surface area contributed by atoms with E-state index in [1.54, 1.807) is 0 Å². The van der Waals surface area contributed by atoms with Gasteiger partial charge in [-0.2, -0.15) is 0 Å². The number of rotatable bonds is 6.